The average molecular weight is 752 g/mol. The molecule has 7 atom stereocenters. The SMILES string of the molecule is CCCCCCC/C=C\CCCCCCCC(=O)NC(COC1OC(CO)C(O)C(O)C1O)C(O)/C=C/CC/C=C/CCCCCCCCCCCC. The normalized spacial score (nSPS) is 22.0. The highest BCUT2D eigenvalue weighted by Gasteiger charge is 2.44. The van der Waals surface area contributed by atoms with E-state index in [0.717, 1.165) is 57.8 Å². The second kappa shape index (κ2) is 34.9. The van der Waals surface area contributed by atoms with Crippen molar-refractivity contribution in [3.05, 3.63) is 36.5 Å². The zero-order valence-corrected chi connectivity index (χ0v) is 33.8. The molecule has 6 N–H and O–H groups in total. The number of aliphatic hydroxyl groups is 5. The third-order valence-electron chi connectivity index (χ3n) is 10.2. The summed E-state index contributed by atoms with van der Waals surface area (Å²) in [5, 5.41) is 54.0. The fourth-order valence-corrected chi connectivity index (χ4v) is 6.64. The molecule has 310 valence electrons. The molecular formula is C44H81NO8. The number of amides is 1. The number of allylic oxidation sites excluding steroid dienone is 5. The first kappa shape index (κ1) is 49.4. The van der Waals surface area contributed by atoms with Crippen molar-refractivity contribution in [1.29, 1.82) is 0 Å². The van der Waals surface area contributed by atoms with E-state index in [-0.39, 0.29) is 12.5 Å². The molecule has 9 heteroatoms. The number of hydrogen-bond acceptors (Lipinski definition) is 8. The molecule has 0 aromatic heterocycles. The standard InChI is InChI=1S/C44H81NO8/c1-3-5-7-9-11-13-15-17-19-20-21-23-25-27-29-31-33-38(47)37(36-52-44-43(51)42(50)41(49)39(35-46)53-44)45-40(48)34-32-30-28-26-24-22-18-16-14-12-10-8-6-4-2/h16,18,23,25,31,33,37-39,41-44,46-47,49-51H,3-15,17,19-22,24,26-30,32,34-36H2,1-2H3,(H,45,48)/b18-16-,25-23+,33-31+. The largest absolute Gasteiger partial charge is 0.394 e. The number of nitrogens with one attached hydrogen (secondary N) is 1. The first-order chi connectivity index (χ1) is 25.8. The summed E-state index contributed by atoms with van der Waals surface area (Å²) >= 11 is 0. The van der Waals surface area contributed by atoms with E-state index in [0.29, 0.717) is 6.42 Å². The summed E-state index contributed by atoms with van der Waals surface area (Å²) in [6, 6.07) is -0.823. The second-order valence-electron chi connectivity index (χ2n) is 15.1. The lowest BCUT2D eigenvalue weighted by Gasteiger charge is -2.40. The first-order valence-corrected chi connectivity index (χ1v) is 21.7. The van der Waals surface area contributed by atoms with Gasteiger partial charge in [0, 0.05) is 6.42 Å². The van der Waals surface area contributed by atoms with Crippen LogP contribution in [-0.4, -0.2) is 87.5 Å². The van der Waals surface area contributed by atoms with Gasteiger partial charge in [0.25, 0.3) is 0 Å². The first-order valence-electron chi connectivity index (χ1n) is 21.7. The summed E-state index contributed by atoms with van der Waals surface area (Å²) in [6.45, 7) is 3.72. The summed E-state index contributed by atoms with van der Waals surface area (Å²) in [7, 11) is 0. The Morgan fingerprint density at radius 1 is 0.623 bits per heavy atom. The topological polar surface area (TPSA) is 149 Å². The van der Waals surface area contributed by atoms with Crippen LogP contribution >= 0.6 is 0 Å². The highest BCUT2D eigenvalue weighted by atomic mass is 16.7. The molecule has 0 saturated carbocycles. The molecule has 1 rings (SSSR count). The van der Waals surface area contributed by atoms with E-state index in [9.17, 15) is 30.3 Å². The molecule has 0 aromatic carbocycles. The van der Waals surface area contributed by atoms with Crippen molar-refractivity contribution in [1.82, 2.24) is 5.32 Å². The second-order valence-corrected chi connectivity index (χ2v) is 15.1. The third kappa shape index (κ3) is 26.0. The van der Waals surface area contributed by atoms with Gasteiger partial charge < -0.3 is 40.3 Å². The minimum atomic E-state index is -1.57. The number of hydrogen-bond donors (Lipinski definition) is 6. The van der Waals surface area contributed by atoms with Crippen molar-refractivity contribution >= 4 is 5.91 Å². The number of carbonyl (C=O) groups excluding carboxylic acids is 1. The van der Waals surface area contributed by atoms with E-state index in [1.807, 2.05) is 6.08 Å². The van der Waals surface area contributed by atoms with E-state index in [4.69, 9.17) is 9.47 Å². The maximum absolute atomic E-state index is 12.9. The average Bonchev–Trinajstić information content (AvgIpc) is 3.16. The third-order valence-corrected chi connectivity index (χ3v) is 10.2. The van der Waals surface area contributed by atoms with E-state index in [2.05, 4.69) is 43.5 Å². The van der Waals surface area contributed by atoms with Crippen LogP contribution in [0.1, 0.15) is 181 Å². The number of aliphatic hydroxyl groups excluding tert-OH is 5. The molecule has 1 fully saturated rings. The van der Waals surface area contributed by atoms with Crippen molar-refractivity contribution in [2.45, 2.75) is 224 Å². The van der Waals surface area contributed by atoms with Crippen LogP contribution in [0.4, 0.5) is 0 Å². The van der Waals surface area contributed by atoms with E-state index < -0.39 is 49.5 Å². The summed E-state index contributed by atoms with van der Waals surface area (Å²) in [5.74, 6) is -0.198. The highest BCUT2D eigenvalue weighted by Crippen LogP contribution is 2.22. The fraction of sp³-hybridized carbons (Fsp3) is 0.841. The monoisotopic (exact) mass is 752 g/mol. The van der Waals surface area contributed by atoms with Crippen molar-refractivity contribution in [3.63, 3.8) is 0 Å². The van der Waals surface area contributed by atoms with Gasteiger partial charge >= 0.3 is 0 Å². The Hall–Kier alpha value is -1.59. The lowest BCUT2D eigenvalue weighted by molar-refractivity contribution is -0.302. The molecule has 1 aliphatic rings. The summed E-state index contributed by atoms with van der Waals surface area (Å²) in [5.41, 5.74) is 0. The molecule has 0 bridgehead atoms. The molecule has 0 radical (unpaired) electrons. The van der Waals surface area contributed by atoms with Crippen LogP contribution in [0.25, 0.3) is 0 Å². The van der Waals surface area contributed by atoms with Gasteiger partial charge in [-0.3, -0.25) is 4.79 Å². The molecule has 9 nitrogen and oxygen atoms in total. The Balaban J connectivity index is 2.43. The smallest absolute Gasteiger partial charge is 0.220 e. The zero-order chi connectivity index (χ0) is 38.8. The Morgan fingerprint density at radius 3 is 1.58 bits per heavy atom. The van der Waals surface area contributed by atoms with Crippen LogP contribution in [0, 0.1) is 0 Å². The minimum Gasteiger partial charge on any atom is -0.394 e. The van der Waals surface area contributed by atoms with E-state index >= 15 is 0 Å². The fourth-order valence-electron chi connectivity index (χ4n) is 6.64. The van der Waals surface area contributed by atoms with Crippen LogP contribution in [0.15, 0.2) is 36.5 Å². The zero-order valence-electron chi connectivity index (χ0n) is 33.8. The molecule has 1 amide bonds. The predicted octanol–water partition coefficient (Wildman–Crippen LogP) is 8.50. The lowest BCUT2D eigenvalue weighted by Crippen LogP contribution is -2.60. The highest BCUT2D eigenvalue weighted by molar-refractivity contribution is 5.76. The summed E-state index contributed by atoms with van der Waals surface area (Å²) in [4.78, 5) is 12.9. The molecule has 7 unspecified atom stereocenters. The van der Waals surface area contributed by atoms with Crippen molar-refractivity contribution in [2.24, 2.45) is 0 Å². The number of ether oxygens (including phenoxy) is 2. The maximum Gasteiger partial charge on any atom is 0.220 e. The van der Waals surface area contributed by atoms with E-state index in [1.54, 1.807) is 6.08 Å². The van der Waals surface area contributed by atoms with Crippen LogP contribution in [0.2, 0.25) is 0 Å². The van der Waals surface area contributed by atoms with Gasteiger partial charge in [-0.05, 0) is 57.8 Å². The molecule has 1 heterocycles. The summed E-state index contributed by atoms with van der Waals surface area (Å²) in [6.07, 6.45) is 34.7. The predicted molar refractivity (Wildman–Crippen MR) is 216 cm³/mol. The minimum absolute atomic E-state index is 0.198. The van der Waals surface area contributed by atoms with Gasteiger partial charge in [0.2, 0.25) is 5.91 Å². The molecule has 53 heavy (non-hydrogen) atoms. The molecule has 1 saturated heterocycles. The lowest BCUT2D eigenvalue weighted by atomic mass is 9.99. The van der Waals surface area contributed by atoms with Crippen LogP contribution in [-0.2, 0) is 14.3 Å². The quantitative estimate of drug-likeness (QED) is 0.0279. The molecular weight excluding hydrogens is 670 g/mol. The Labute approximate surface area is 323 Å². The summed E-state index contributed by atoms with van der Waals surface area (Å²) < 4.78 is 11.2. The molecule has 1 aliphatic heterocycles. The van der Waals surface area contributed by atoms with Gasteiger partial charge in [0.15, 0.2) is 6.29 Å². The molecule has 0 aromatic rings. The number of carbonyl (C=O) groups is 1. The van der Waals surface area contributed by atoms with Crippen LogP contribution < -0.4 is 5.32 Å². The van der Waals surface area contributed by atoms with Gasteiger partial charge in [-0.1, -0.05) is 153 Å². The van der Waals surface area contributed by atoms with Crippen molar-refractivity contribution in [3.8, 4) is 0 Å². The van der Waals surface area contributed by atoms with Gasteiger partial charge in [-0.15, -0.1) is 0 Å². The van der Waals surface area contributed by atoms with Gasteiger partial charge in [-0.2, -0.15) is 0 Å². The number of rotatable bonds is 35. The maximum atomic E-state index is 12.9. The van der Waals surface area contributed by atoms with E-state index in [1.165, 1.54) is 103 Å². The Bertz CT molecular complexity index is 925. The van der Waals surface area contributed by atoms with Crippen LogP contribution in [0.5, 0.6) is 0 Å². The Kier molecular flexibility index (Phi) is 32.5. The molecule has 0 spiro atoms. The van der Waals surface area contributed by atoms with Gasteiger partial charge in [0.1, 0.15) is 24.4 Å². The van der Waals surface area contributed by atoms with Gasteiger partial charge in [0.05, 0.1) is 25.4 Å². The van der Waals surface area contributed by atoms with Crippen molar-refractivity contribution < 1.29 is 39.8 Å². The number of unbranched alkanes of at least 4 members (excludes halogenated alkanes) is 21. The van der Waals surface area contributed by atoms with Crippen molar-refractivity contribution in [2.75, 3.05) is 13.2 Å². The molecule has 0 aliphatic carbocycles. The Morgan fingerprint density at radius 2 is 1.08 bits per heavy atom. The van der Waals surface area contributed by atoms with Crippen LogP contribution in [0.3, 0.4) is 0 Å². The van der Waals surface area contributed by atoms with Gasteiger partial charge in [-0.25, -0.2) is 0 Å².